The lowest BCUT2D eigenvalue weighted by Crippen LogP contribution is -2.57. The maximum Gasteiger partial charge on any atom is 0.270 e. The van der Waals surface area contributed by atoms with Crippen molar-refractivity contribution in [2.24, 2.45) is 7.05 Å². The predicted octanol–water partition coefficient (Wildman–Crippen LogP) is 5.45. The maximum atomic E-state index is 15.1. The van der Waals surface area contributed by atoms with E-state index in [1.807, 2.05) is 13.8 Å². The highest BCUT2D eigenvalue weighted by Gasteiger charge is 2.38. The van der Waals surface area contributed by atoms with Crippen molar-refractivity contribution in [1.82, 2.24) is 14.5 Å². The van der Waals surface area contributed by atoms with Crippen molar-refractivity contribution in [1.29, 1.82) is 0 Å². The van der Waals surface area contributed by atoms with E-state index in [2.05, 4.69) is 19.6 Å². The van der Waals surface area contributed by atoms with E-state index in [0.717, 1.165) is 0 Å². The SMILES string of the molecule is [C-]#[N+]c1ccc2c(n1)c(N1C[C@@H](C)N(C(c3ccccc3F)c3ccccc3F)C[C@@H]1C)cc(=O)n2C. The van der Waals surface area contributed by atoms with E-state index in [9.17, 15) is 4.79 Å². The highest BCUT2D eigenvalue weighted by atomic mass is 19.1. The van der Waals surface area contributed by atoms with Gasteiger partial charge in [0.05, 0.1) is 17.2 Å². The highest BCUT2D eigenvalue weighted by Crippen LogP contribution is 2.37. The fourth-order valence-electron chi connectivity index (χ4n) is 5.35. The van der Waals surface area contributed by atoms with Crippen molar-refractivity contribution >= 4 is 22.5 Å². The number of halogens is 2. The molecule has 4 aromatic rings. The van der Waals surface area contributed by atoms with Gasteiger partial charge in [-0.1, -0.05) is 43.0 Å². The number of hydrogen-bond donors (Lipinski definition) is 0. The molecule has 1 saturated heterocycles. The number of nitrogens with zero attached hydrogens (tertiary/aromatic N) is 5. The van der Waals surface area contributed by atoms with Crippen molar-refractivity contribution in [2.75, 3.05) is 18.0 Å². The van der Waals surface area contributed by atoms with E-state index in [0.29, 0.717) is 40.9 Å². The Bertz CT molecular complexity index is 1530. The molecule has 8 heteroatoms. The van der Waals surface area contributed by atoms with E-state index in [-0.39, 0.29) is 35.1 Å². The highest BCUT2D eigenvalue weighted by molar-refractivity contribution is 5.89. The van der Waals surface area contributed by atoms with E-state index >= 15 is 8.78 Å². The van der Waals surface area contributed by atoms with Gasteiger partial charge in [-0.15, -0.1) is 4.98 Å². The molecule has 1 aliphatic rings. The summed E-state index contributed by atoms with van der Waals surface area (Å²) >= 11 is 0. The summed E-state index contributed by atoms with van der Waals surface area (Å²) in [4.78, 5) is 25.1. The summed E-state index contributed by atoms with van der Waals surface area (Å²) in [6.07, 6.45) is 0. The molecule has 0 N–H and O–H groups in total. The molecule has 0 unspecified atom stereocenters. The molecule has 1 aliphatic heterocycles. The molecule has 0 aliphatic carbocycles. The van der Waals surface area contributed by atoms with E-state index in [1.165, 1.54) is 16.7 Å². The van der Waals surface area contributed by atoms with Crippen LogP contribution < -0.4 is 10.5 Å². The molecule has 0 radical (unpaired) electrons. The van der Waals surface area contributed by atoms with Gasteiger partial charge >= 0.3 is 0 Å². The average Bonchev–Trinajstić information content (AvgIpc) is 2.90. The number of anilines is 1. The first kappa shape index (κ1) is 24.6. The van der Waals surface area contributed by atoms with Gasteiger partial charge in [0.25, 0.3) is 11.4 Å². The Morgan fingerprint density at radius 3 is 2.16 bits per heavy atom. The molecule has 0 spiro atoms. The summed E-state index contributed by atoms with van der Waals surface area (Å²) in [6, 6.07) is 17.1. The lowest BCUT2D eigenvalue weighted by Gasteiger charge is -2.48. The van der Waals surface area contributed by atoms with Gasteiger partial charge < -0.3 is 14.3 Å². The van der Waals surface area contributed by atoms with Gasteiger partial charge in [0.15, 0.2) is 0 Å². The fraction of sp³-hybridized carbons (Fsp3) is 0.276. The molecule has 1 fully saturated rings. The molecule has 2 atom stereocenters. The zero-order valence-electron chi connectivity index (χ0n) is 20.9. The number of benzene rings is 2. The molecular formula is C29H27F2N5O. The zero-order valence-corrected chi connectivity index (χ0v) is 20.9. The van der Waals surface area contributed by atoms with Gasteiger partial charge in [0, 0.05) is 49.4 Å². The van der Waals surface area contributed by atoms with Gasteiger partial charge in [-0.25, -0.2) is 8.78 Å². The van der Waals surface area contributed by atoms with E-state index in [1.54, 1.807) is 61.6 Å². The summed E-state index contributed by atoms with van der Waals surface area (Å²) in [5.74, 6) is -0.510. The molecule has 0 bridgehead atoms. The summed E-state index contributed by atoms with van der Waals surface area (Å²) < 4.78 is 31.7. The zero-order chi connectivity index (χ0) is 26.3. The van der Waals surface area contributed by atoms with Crippen LogP contribution in [0.15, 0.2) is 71.5 Å². The molecule has 2 aromatic carbocycles. The number of piperazine rings is 1. The van der Waals surface area contributed by atoms with Gasteiger partial charge in [-0.05, 0) is 38.1 Å². The number of pyridine rings is 2. The Hall–Kier alpha value is -4.09. The molecule has 6 nitrogen and oxygen atoms in total. The Morgan fingerprint density at radius 2 is 1.57 bits per heavy atom. The number of aryl methyl sites for hydroxylation is 1. The monoisotopic (exact) mass is 499 g/mol. The number of aromatic nitrogens is 2. The molecule has 2 aromatic heterocycles. The second-order valence-corrected chi connectivity index (χ2v) is 9.57. The van der Waals surface area contributed by atoms with Crippen molar-refractivity contribution in [2.45, 2.75) is 32.0 Å². The number of rotatable bonds is 4. The van der Waals surface area contributed by atoms with Crippen LogP contribution in [0.5, 0.6) is 0 Å². The summed E-state index contributed by atoms with van der Waals surface area (Å²) in [5.41, 5.74) is 2.56. The lowest BCUT2D eigenvalue weighted by molar-refractivity contribution is 0.126. The summed E-state index contributed by atoms with van der Waals surface area (Å²) in [5, 5.41) is 0. The van der Waals surface area contributed by atoms with Crippen LogP contribution in [0, 0.1) is 18.2 Å². The largest absolute Gasteiger partial charge is 0.362 e. The van der Waals surface area contributed by atoms with Gasteiger partial charge in [0.2, 0.25) is 5.52 Å². The normalized spacial score (nSPS) is 18.4. The van der Waals surface area contributed by atoms with Crippen molar-refractivity contribution in [3.63, 3.8) is 0 Å². The van der Waals surface area contributed by atoms with E-state index in [4.69, 9.17) is 6.57 Å². The molecule has 37 heavy (non-hydrogen) atoms. The van der Waals surface area contributed by atoms with Crippen LogP contribution in [-0.4, -0.2) is 39.6 Å². The van der Waals surface area contributed by atoms with Crippen molar-refractivity contribution < 1.29 is 8.78 Å². The first-order chi connectivity index (χ1) is 17.8. The molecule has 0 amide bonds. The second-order valence-electron chi connectivity index (χ2n) is 9.57. The standard InChI is InChI=1S/C29H27F2N5O/c1-18-17-36(29(20-9-5-7-11-22(20)30)21-10-6-8-12-23(21)31)19(2)16-35(18)25-15-27(37)34(4)24-13-14-26(32-3)33-28(24)25/h5-15,18-19,29H,16-17H2,1-2,4H3/t18-,19+/m0/s1. The molecule has 5 rings (SSSR count). The van der Waals surface area contributed by atoms with E-state index < -0.39 is 6.04 Å². The van der Waals surface area contributed by atoms with Crippen molar-refractivity contribution in [3.05, 3.63) is 111 Å². The first-order valence-corrected chi connectivity index (χ1v) is 12.2. The lowest BCUT2D eigenvalue weighted by atomic mass is 9.92. The molecule has 188 valence electrons. The number of fused-ring (bicyclic) bond motifs is 1. The quantitative estimate of drug-likeness (QED) is 0.350. The fourth-order valence-corrected chi connectivity index (χ4v) is 5.35. The van der Waals surface area contributed by atoms with Gasteiger partial charge in [-0.2, -0.15) is 0 Å². The van der Waals surface area contributed by atoms with Crippen LogP contribution in [0.25, 0.3) is 15.9 Å². The smallest absolute Gasteiger partial charge is 0.270 e. The summed E-state index contributed by atoms with van der Waals surface area (Å²) in [6.45, 7) is 12.4. The van der Waals surface area contributed by atoms with Crippen LogP contribution in [0.2, 0.25) is 0 Å². The van der Waals surface area contributed by atoms with Crippen LogP contribution in [-0.2, 0) is 7.05 Å². The summed E-state index contributed by atoms with van der Waals surface area (Å²) in [7, 11) is 1.69. The van der Waals surface area contributed by atoms with Crippen LogP contribution in [0.4, 0.5) is 20.3 Å². The number of hydrogen-bond acceptors (Lipinski definition) is 4. The third-order valence-corrected chi connectivity index (χ3v) is 7.24. The Balaban J connectivity index is 1.58. The molecule has 3 heterocycles. The van der Waals surface area contributed by atoms with Crippen LogP contribution in [0.1, 0.15) is 31.0 Å². The Kier molecular flexibility index (Phi) is 6.48. The maximum absolute atomic E-state index is 15.1. The third-order valence-electron chi connectivity index (χ3n) is 7.24. The average molecular weight is 500 g/mol. The van der Waals surface area contributed by atoms with Crippen LogP contribution >= 0.6 is 0 Å². The Labute approximate surface area is 214 Å². The molecular weight excluding hydrogens is 472 g/mol. The second kappa shape index (κ2) is 9.75. The Morgan fingerprint density at radius 1 is 0.946 bits per heavy atom. The van der Waals surface area contributed by atoms with Gasteiger partial charge in [-0.3, -0.25) is 9.69 Å². The van der Waals surface area contributed by atoms with Crippen LogP contribution in [0.3, 0.4) is 0 Å². The molecule has 0 saturated carbocycles. The predicted molar refractivity (Wildman–Crippen MR) is 141 cm³/mol. The van der Waals surface area contributed by atoms with Crippen molar-refractivity contribution in [3.8, 4) is 0 Å². The van der Waals surface area contributed by atoms with Gasteiger partial charge in [0.1, 0.15) is 11.6 Å². The topological polar surface area (TPSA) is 45.7 Å². The minimum atomic E-state index is -0.616. The first-order valence-electron chi connectivity index (χ1n) is 12.2. The minimum Gasteiger partial charge on any atom is -0.362 e. The third kappa shape index (κ3) is 4.36. The minimum absolute atomic E-state index is 0.106.